The van der Waals surface area contributed by atoms with Crippen molar-refractivity contribution in [2.45, 2.75) is 72.3 Å². The van der Waals surface area contributed by atoms with Gasteiger partial charge in [-0.25, -0.2) is 4.98 Å². The van der Waals surface area contributed by atoms with E-state index in [1.807, 2.05) is 11.0 Å². The van der Waals surface area contributed by atoms with Crippen molar-refractivity contribution in [2.75, 3.05) is 18.1 Å². The minimum atomic E-state index is 0.0759. The SMILES string of the molecule is Cc1ccc(C(C)C)c(OCCCCn2c(C3CC(=O)N(c4cc(C)ccc4C)C3)nc3ccccc32)c1. The van der Waals surface area contributed by atoms with Crippen LogP contribution in [0, 0.1) is 20.8 Å². The maximum Gasteiger partial charge on any atom is 0.227 e. The first-order chi connectivity index (χ1) is 18.3. The highest BCUT2D eigenvalue weighted by molar-refractivity contribution is 5.97. The number of carbonyl (C=O) groups is 1. The van der Waals surface area contributed by atoms with Crippen LogP contribution in [0.25, 0.3) is 11.0 Å². The van der Waals surface area contributed by atoms with Crippen LogP contribution in [0.4, 0.5) is 5.69 Å². The molecule has 0 bridgehead atoms. The molecular formula is C33H39N3O2. The molecule has 1 aromatic heterocycles. The molecule has 1 fully saturated rings. The number of hydrogen-bond acceptors (Lipinski definition) is 3. The summed E-state index contributed by atoms with van der Waals surface area (Å²) in [5, 5.41) is 0. The number of imidazole rings is 1. The summed E-state index contributed by atoms with van der Waals surface area (Å²) in [5.41, 5.74) is 7.95. The Kier molecular flexibility index (Phi) is 7.55. The maximum atomic E-state index is 13.2. The highest BCUT2D eigenvalue weighted by Crippen LogP contribution is 2.35. The van der Waals surface area contributed by atoms with Crippen molar-refractivity contribution in [1.29, 1.82) is 0 Å². The number of carbonyl (C=O) groups excluding carboxylic acids is 1. The molecule has 5 rings (SSSR count). The van der Waals surface area contributed by atoms with Gasteiger partial charge in [0.25, 0.3) is 0 Å². The third kappa shape index (κ3) is 5.33. The Balaban J connectivity index is 1.30. The van der Waals surface area contributed by atoms with E-state index in [0.29, 0.717) is 25.5 Å². The Labute approximate surface area is 226 Å². The van der Waals surface area contributed by atoms with E-state index in [1.54, 1.807) is 0 Å². The van der Waals surface area contributed by atoms with Crippen LogP contribution in [0.3, 0.4) is 0 Å². The fourth-order valence-corrected chi connectivity index (χ4v) is 5.56. The highest BCUT2D eigenvalue weighted by atomic mass is 16.5. The van der Waals surface area contributed by atoms with Gasteiger partial charge in [0.05, 0.1) is 17.6 Å². The normalized spacial score (nSPS) is 15.7. The van der Waals surface area contributed by atoms with E-state index in [1.165, 1.54) is 16.7 Å². The number of benzene rings is 3. The Bertz CT molecular complexity index is 1450. The zero-order valence-corrected chi connectivity index (χ0v) is 23.3. The van der Waals surface area contributed by atoms with Crippen LogP contribution in [0.15, 0.2) is 60.7 Å². The van der Waals surface area contributed by atoms with Crippen LogP contribution in [0.2, 0.25) is 0 Å². The average molecular weight is 510 g/mol. The van der Waals surface area contributed by atoms with Crippen LogP contribution in [0.1, 0.15) is 73.0 Å². The summed E-state index contributed by atoms with van der Waals surface area (Å²) < 4.78 is 8.58. The van der Waals surface area contributed by atoms with Crippen LogP contribution in [0.5, 0.6) is 5.75 Å². The van der Waals surface area contributed by atoms with Gasteiger partial charge < -0.3 is 14.2 Å². The minimum Gasteiger partial charge on any atom is -0.493 e. The van der Waals surface area contributed by atoms with E-state index in [0.717, 1.165) is 53.2 Å². The molecule has 1 unspecified atom stereocenters. The number of aromatic nitrogens is 2. The van der Waals surface area contributed by atoms with Crippen molar-refractivity contribution in [2.24, 2.45) is 0 Å². The van der Waals surface area contributed by atoms with E-state index in [9.17, 15) is 4.79 Å². The molecule has 198 valence electrons. The molecule has 38 heavy (non-hydrogen) atoms. The summed E-state index contributed by atoms with van der Waals surface area (Å²) in [6.45, 7) is 12.9. The van der Waals surface area contributed by atoms with E-state index < -0.39 is 0 Å². The van der Waals surface area contributed by atoms with Gasteiger partial charge in [0.1, 0.15) is 11.6 Å². The van der Waals surface area contributed by atoms with Gasteiger partial charge in [-0.15, -0.1) is 0 Å². The van der Waals surface area contributed by atoms with Crippen molar-refractivity contribution in [3.05, 3.63) is 88.7 Å². The number of nitrogens with zero attached hydrogens (tertiary/aromatic N) is 3. The molecule has 3 aromatic carbocycles. The molecule has 0 spiro atoms. The Morgan fingerprint density at radius 2 is 1.74 bits per heavy atom. The van der Waals surface area contributed by atoms with Crippen molar-refractivity contribution >= 4 is 22.6 Å². The predicted octanol–water partition coefficient (Wildman–Crippen LogP) is 7.46. The molecule has 1 atom stereocenters. The fourth-order valence-electron chi connectivity index (χ4n) is 5.56. The largest absolute Gasteiger partial charge is 0.493 e. The topological polar surface area (TPSA) is 47.4 Å². The molecule has 1 amide bonds. The zero-order chi connectivity index (χ0) is 26.8. The smallest absolute Gasteiger partial charge is 0.227 e. The molecule has 4 aromatic rings. The summed E-state index contributed by atoms with van der Waals surface area (Å²) in [6, 6.07) is 21.1. The first-order valence-corrected chi connectivity index (χ1v) is 13.9. The minimum absolute atomic E-state index is 0.0759. The van der Waals surface area contributed by atoms with Gasteiger partial charge in [-0.3, -0.25) is 4.79 Å². The molecule has 0 saturated carbocycles. The molecule has 1 aliphatic rings. The van der Waals surface area contributed by atoms with E-state index in [2.05, 4.69) is 93.8 Å². The third-order valence-electron chi connectivity index (χ3n) is 7.65. The number of para-hydroxylation sites is 2. The van der Waals surface area contributed by atoms with Crippen molar-refractivity contribution in [3.8, 4) is 5.75 Å². The van der Waals surface area contributed by atoms with Crippen LogP contribution in [-0.2, 0) is 11.3 Å². The van der Waals surface area contributed by atoms with Crippen molar-refractivity contribution in [1.82, 2.24) is 9.55 Å². The Hall–Kier alpha value is -3.60. The molecule has 1 saturated heterocycles. The first-order valence-electron chi connectivity index (χ1n) is 13.9. The van der Waals surface area contributed by atoms with E-state index in [-0.39, 0.29) is 11.8 Å². The number of amides is 1. The van der Waals surface area contributed by atoms with Gasteiger partial charge in [0.2, 0.25) is 5.91 Å². The monoisotopic (exact) mass is 509 g/mol. The molecule has 0 N–H and O–H groups in total. The lowest BCUT2D eigenvalue weighted by molar-refractivity contribution is -0.117. The molecule has 5 heteroatoms. The number of ether oxygens (including phenoxy) is 1. The molecule has 0 aliphatic carbocycles. The van der Waals surface area contributed by atoms with Gasteiger partial charge in [-0.1, -0.05) is 50.2 Å². The number of aryl methyl sites for hydroxylation is 4. The maximum absolute atomic E-state index is 13.2. The second kappa shape index (κ2) is 11.0. The van der Waals surface area contributed by atoms with Gasteiger partial charge in [0.15, 0.2) is 0 Å². The number of fused-ring (bicyclic) bond motifs is 1. The Morgan fingerprint density at radius 3 is 2.55 bits per heavy atom. The van der Waals surface area contributed by atoms with E-state index in [4.69, 9.17) is 9.72 Å². The lowest BCUT2D eigenvalue weighted by atomic mass is 10.0. The standard InChI is InChI=1S/C33H39N3O2/c1-22(2)27-15-13-24(4)19-31(27)38-17-9-8-16-35-29-11-7-6-10-28(29)34-33(35)26-20-32(37)36(21-26)30-18-23(3)12-14-25(30)5/h6-7,10-15,18-19,22,26H,8-9,16-17,20-21H2,1-5H3. The zero-order valence-electron chi connectivity index (χ0n) is 23.3. The predicted molar refractivity (Wildman–Crippen MR) is 155 cm³/mol. The van der Waals surface area contributed by atoms with Crippen LogP contribution in [-0.4, -0.2) is 28.6 Å². The summed E-state index contributed by atoms with van der Waals surface area (Å²) in [6.07, 6.45) is 2.43. The lowest BCUT2D eigenvalue weighted by Crippen LogP contribution is -2.25. The summed E-state index contributed by atoms with van der Waals surface area (Å²) in [5.74, 6) is 2.71. The average Bonchev–Trinajstić information content (AvgIpc) is 3.45. The number of hydrogen-bond donors (Lipinski definition) is 0. The van der Waals surface area contributed by atoms with E-state index >= 15 is 0 Å². The van der Waals surface area contributed by atoms with Crippen LogP contribution >= 0.6 is 0 Å². The van der Waals surface area contributed by atoms with Crippen LogP contribution < -0.4 is 9.64 Å². The van der Waals surface area contributed by atoms with Gasteiger partial charge >= 0.3 is 0 Å². The lowest BCUT2D eigenvalue weighted by Gasteiger charge is -2.20. The molecule has 1 aliphatic heterocycles. The summed E-state index contributed by atoms with van der Waals surface area (Å²) >= 11 is 0. The fraction of sp³-hybridized carbons (Fsp3) is 0.394. The second-order valence-electron chi connectivity index (χ2n) is 11.1. The number of rotatable bonds is 9. The summed E-state index contributed by atoms with van der Waals surface area (Å²) in [7, 11) is 0. The molecular weight excluding hydrogens is 470 g/mol. The van der Waals surface area contributed by atoms with Crippen molar-refractivity contribution in [3.63, 3.8) is 0 Å². The molecule has 5 nitrogen and oxygen atoms in total. The Morgan fingerprint density at radius 1 is 0.974 bits per heavy atom. The summed E-state index contributed by atoms with van der Waals surface area (Å²) in [4.78, 5) is 20.1. The second-order valence-corrected chi connectivity index (χ2v) is 11.1. The number of anilines is 1. The van der Waals surface area contributed by atoms with Crippen molar-refractivity contribution < 1.29 is 9.53 Å². The first kappa shape index (κ1) is 26.0. The highest BCUT2D eigenvalue weighted by Gasteiger charge is 2.35. The molecule has 2 heterocycles. The van der Waals surface area contributed by atoms with Gasteiger partial charge in [0, 0.05) is 31.1 Å². The number of unbranched alkanes of at least 4 members (excludes halogenated alkanes) is 1. The third-order valence-corrected chi connectivity index (χ3v) is 7.65. The molecule has 0 radical (unpaired) electrons. The van der Waals surface area contributed by atoms with Gasteiger partial charge in [-0.2, -0.15) is 0 Å². The quantitative estimate of drug-likeness (QED) is 0.220. The van der Waals surface area contributed by atoms with Gasteiger partial charge in [-0.05, 0) is 86.1 Å².